The fourth-order valence-corrected chi connectivity index (χ4v) is 2.44. The van der Waals surface area contributed by atoms with Crippen molar-refractivity contribution in [1.82, 2.24) is 16.0 Å². The Balaban J connectivity index is 0.00000364. The van der Waals surface area contributed by atoms with Gasteiger partial charge in [0.25, 0.3) is 5.91 Å². The van der Waals surface area contributed by atoms with Crippen LogP contribution in [0.1, 0.15) is 41.3 Å². The molecule has 146 valence electrons. The molecule has 0 saturated carbocycles. The zero-order valence-corrected chi connectivity index (χ0v) is 18.3. The number of carbonyl (C=O) groups is 1. The van der Waals surface area contributed by atoms with Gasteiger partial charge >= 0.3 is 0 Å². The van der Waals surface area contributed by atoms with Crippen LogP contribution < -0.4 is 16.0 Å². The van der Waals surface area contributed by atoms with Crippen molar-refractivity contribution >= 4 is 35.8 Å². The van der Waals surface area contributed by atoms with E-state index in [4.69, 9.17) is 0 Å². The number of benzene rings is 2. The Morgan fingerprint density at radius 3 is 2.04 bits per heavy atom. The maximum atomic E-state index is 12.0. The smallest absolute Gasteiger partial charge is 0.251 e. The van der Waals surface area contributed by atoms with Gasteiger partial charge in [0, 0.05) is 32.2 Å². The Kier molecular flexibility index (Phi) is 11.2. The molecule has 0 bridgehead atoms. The van der Waals surface area contributed by atoms with Crippen LogP contribution in [-0.2, 0) is 13.1 Å². The van der Waals surface area contributed by atoms with Gasteiger partial charge in [0.15, 0.2) is 5.96 Å². The normalized spacial score (nSPS) is 10.7. The van der Waals surface area contributed by atoms with E-state index in [1.54, 1.807) is 7.05 Å². The predicted octanol–water partition coefficient (Wildman–Crippen LogP) is 3.70. The first kappa shape index (κ1) is 23.0. The fourth-order valence-electron chi connectivity index (χ4n) is 2.44. The Morgan fingerprint density at radius 2 is 1.48 bits per heavy atom. The molecule has 0 aromatic heterocycles. The van der Waals surface area contributed by atoms with Crippen molar-refractivity contribution in [3.05, 3.63) is 71.3 Å². The summed E-state index contributed by atoms with van der Waals surface area (Å²) in [6.07, 6.45) is 2.08. The summed E-state index contributed by atoms with van der Waals surface area (Å²) in [6, 6.07) is 17.8. The average molecular weight is 480 g/mol. The zero-order chi connectivity index (χ0) is 18.6. The molecular weight excluding hydrogens is 451 g/mol. The topological polar surface area (TPSA) is 65.5 Å². The molecule has 0 saturated heterocycles. The second kappa shape index (κ2) is 13.1. The van der Waals surface area contributed by atoms with E-state index in [1.165, 1.54) is 5.56 Å². The van der Waals surface area contributed by atoms with Crippen LogP contribution in [0.4, 0.5) is 0 Å². The summed E-state index contributed by atoms with van der Waals surface area (Å²) < 4.78 is 0. The molecule has 0 fully saturated rings. The second-order valence-electron chi connectivity index (χ2n) is 6.07. The van der Waals surface area contributed by atoms with Crippen LogP contribution in [0, 0.1) is 0 Å². The second-order valence-corrected chi connectivity index (χ2v) is 6.07. The molecule has 2 aromatic carbocycles. The molecule has 0 atom stereocenters. The van der Waals surface area contributed by atoms with Crippen molar-refractivity contribution in [2.45, 2.75) is 32.9 Å². The summed E-state index contributed by atoms with van der Waals surface area (Å²) in [5, 5.41) is 9.50. The van der Waals surface area contributed by atoms with E-state index in [0.29, 0.717) is 12.1 Å². The molecule has 0 spiro atoms. The van der Waals surface area contributed by atoms with E-state index in [0.717, 1.165) is 37.5 Å². The van der Waals surface area contributed by atoms with Crippen molar-refractivity contribution in [3.8, 4) is 0 Å². The van der Waals surface area contributed by atoms with Crippen LogP contribution >= 0.6 is 24.0 Å². The summed E-state index contributed by atoms with van der Waals surface area (Å²) in [5.41, 5.74) is 2.99. The van der Waals surface area contributed by atoms with Gasteiger partial charge in [-0.3, -0.25) is 9.79 Å². The van der Waals surface area contributed by atoms with Crippen molar-refractivity contribution in [1.29, 1.82) is 0 Å². The number of nitrogens with zero attached hydrogens (tertiary/aromatic N) is 1. The number of amides is 1. The number of halogens is 1. The van der Waals surface area contributed by atoms with E-state index in [9.17, 15) is 4.79 Å². The van der Waals surface area contributed by atoms with E-state index in [1.807, 2.05) is 42.5 Å². The van der Waals surface area contributed by atoms with Crippen LogP contribution in [0.3, 0.4) is 0 Å². The Labute approximate surface area is 179 Å². The maximum Gasteiger partial charge on any atom is 0.251 e. The number of nitrogens with one attached hydrogen (secondary N) is 3. The van der Waals surface area contributed by atoms with Gasteiger partial charge in [-0.15, -0.1) is 24.0 Å². The lowest BCUT2D eigenvalue weighted by molar-refractivity contribution is 0.0953. The Bertz CT molecular complexity index is 702. The summed E-state index contributed by atoms with van der Waals surface area (Å²) in [5.74, 6) is 0.730. The maximum absolute atomic E-state index is 12.0. The van der Waals surface area contributed by atoms with Crippen molar-refractivity contribution in [2.75, 3.05) is 13.6 Å². The third kappa shape index (κ3) is 8.43. The van der Waals surface area contributed by atoms with E-state index in [2.05, 4.69) is 40.0 Å². The molecule has 0 aliphatic carbocycles. The lowest BCUT2D eigenvalue weighted by Gasteiger charge is -2.12. The van der Waals surface area contributed by atoms with Crippen molar-refractivity contribution in [3.63, 3.8) is 0 Å². The van der Waals surface area contributed by atoms with Gasteiger partial charge < -0.3 is 16.0 Å². The predicted molar refractivity (Wildman–Crippen MR) is 123 cm³/mol. The standard InChI is InChI=1S/C21H28N4O.HI/c1-3-4-14-23-20(26)19-12-10-18(11-13-19)16-25-21(22-2)24-15-17-8-6-5-7-9-17;/h5-13H,3-4,14-16H2,1-2H3,(H,23,26)(H2,22,24,25);1H. The van der Waals surface area contributed by atoms with E-state index < -0.39 is 0 Å². The molecule has 27 heavy (non-hydrogen) atoms. The van der Waals surface area contributed by atoms with Gasteiger partial charge in [-0.25, -0.2) is 0 Å². The molecule has 0 aliphatic heterocycles. The first-order valence-corrected chi connectivity index (χ1v) is 9.08. The summed E-state index contributed by atoms with van der Waals surface area (Å²) in [6.45, 7) is 4.20. The van der Waals surface area contributed by atoms with E-state index in [-0.39, 0.29) is 29.9 Å². The lowest BCUT2D eigenvalue weighted by atomic mass is 10.1. The van der Waals surface area contributed by atoms with Crippen LogP contribution in [0.2, 0.25) is 0 Å². The molecule has 6 heteroatoms. The highest BCUT2D eigenvalue weighted by molar-refractivity contribution is 14.0. The molecule has 0 heterocycles. The molecule has 2 rings (SSSR count). The highest BCUT2D eigenvalue weighted by Gasteiger charge is 2.05. The first-order chi connectivity index (χ1) is 12.7. The van der Waals surface area contributed by atoms with E-state index >= 15 is 0 Å². The van der Waals surface area contributed by atoms with Gasteiger partial charge in [-0.2, -0.15) is 0 Å². The van der Waals surface area contributed by atoms with Crippen LogP contribution in [0.15, 0.2) is 59.6 Å². The first-order valence-electron chi connectivity index (χ1n) is 9.08. The molecule has 3 N–H and O–H groups in total. The molecular formula is C21H29IN4O. The number of hydrogen-bond acceptors (Lipinski definition) is 2. The molecule has 1 amide bonds. The molecule has 5 nitrogen and oxygen atoms in total. The summed E-state index contributed by atoms with van der Waals surface area (Å²) in [4.78, 5) is 16.2. The number of guanidine groups is 1. The van der Waals surface area contributed by atoms with Gasteiger partial charge in [-0.05, 0) is 29.7 Å². The highest BCUT2D eigenvalue weighted by atomic mass is 127. The van der Waals surface area contributed by atoms with Gasteiger partial charge in [0.1, 0.15) is 0 Å². The number of rotatable bonds is 8. The molecule has 0 aliphatic rings. The molecule has 0 unspecified atom stereocenters. The number of carbonyl (C=O) groups excluding carboxylic acids is 1. The monoisotopic (exact) mass is 480 g/mol. The highest BCUT2D eigenvalue weighted by Crippen LogP contribution is 2.05. The van der Waals surface area contributed by atoms with Crippen molar-refractivity contribution in [2.24, 2.45) is 4.99 Å². The largest absolute Gasteiger partial charge is 0.352 e. The van der Waals surface area contributed by atoms with Gasteiger partial charge in [0.05, 0.1) is 0 Å². The minimum absolute atomic E-state index is 0. The SMILES string of the molecule is CCCCNC(=O)c1ccc(CNC(=NC)NCc2ccccc2)cc1.I. The summed E-state index contributed by atoms with van der Waals surface area (Å²) in [7, 11) is 1.75. The minimum atomic E-state index is -0.0155. The average Bonchev–Trinajstić information content (AvgIpc) is 2.69. The fraction of sp³-hybridized carbons (Fsp3) is 0.333. The van der Waals surface area contributed by atoms with Crippen LogP contribution in [0.25, 0.3) is 0 Å². The quantitative estimate of drug-likeness (QED) is 0.234. The van der Waals surface area contributed by atoms with Gasteiger partial charge in [-0.1, -0.05) is 55.8 Å². The Morgan fingerprint density at radius 1 is 0.889 bits per heavy atom. The Hall–Kier alpha value is -2.09. The number of hydrogen-bond donors (Lipinski definition) is 3. The zero-order valence-electron chi connectivity index (χ0n) is 16.0. The van der Waals surface area contributed by atoms with Crippen LogP contribution in [-0.4, -0.2) is 25.5 Å². The van der Waals surface area contributed by atoms with Gasteiger partial charge in [0.2, 0.25) is 0 Å². The minimum Gasteiger partial charge on any atom is -0.352 e. The molecule has 2 aromatic rings. The summed E-state index contributed by atoms with van der Waals surface area (Å²) >= 11 is 0. The lowest BCUT2D eigenvalue weighted by Crippen LogP contribution is -2.36. The van der Waals surface area contributed by atoms with Crippen molar-refractivity contribution < 1.29 is 4.79 Å². The number of unbranched alkanes of at least 4 members (excludes halogenated alkanes) is 1. The third-order valence-corrected chi connectivity index (χ3v) is 4.02. The van der Waals surface area contributed by atoms with Crippen LogP contribution in [0.5, 0.6) is 0 Å². The number of aliphatic imine (C=N–C) groups is 1. The molecule has 0 radical (unpaired) electrons. The third-order valence-electron chi connectivity index (χ3n) is 4.02.